The molecule has 1 aromatic carbocycles. The minimum Gasteiger partial charge on any atom is -0.476 e. The van der Waals surface area contributed by atoms with Crippen LogP contribution in [-0.4, -0.2) is 22.7 Å². The molecule has 0 bridgehead atoms. The maximum Gasteiger partial charge on any atom is 0.387 e. The molecule has 2 rings (SSSR count). The van der Waals surface area contributed by atoms with Gasteiger partial charge in [0.25, 0.3) is 0 Å². The third kappa shape index (κ3) is 3.29. The number of carbonyl (C=O) groups is 1. The molecule has 10 heteroatoms. The van der Waals surface area contributed by atoms with Crippen LogP contribution in [0.2, 0.25) is 5.02 Å². The molecule has 0 unspecified atom stereocenters. The zero-order valence-electron chi connectivity index (χ0n) is 11.0. The molecule has 1 aromatic heterocycles. The number of benzene rings is 1. The predicted octanol–water partition coefficient (Wildman–Crippen LogP) is 3.56. The van der Waals surface area contributed by atoms with Crippen molar-refractivity contribution < 1.29 is 32.2 Å². The summed E-state index contributed by atoms with van der Waals surface area (Å²) in [6, 6.07) is 2.50. The van der Waals surface area contributed by atoms with E-state index in [4.69, 9.17) is 22.4 Å². The van der Waals surface area contributed by atoms with Gasteiger partial charge in [0.05, 0.1) is 10.7 Å². The first kappa shape index (κ1) is 16.8. The fraction of sp³-hybridized carbons (Fsp3) is 0.0769. The summed E-state index contributed by atoms with van der Waals surface area (Å²) in [5.41, 5.74) is 3.14. The van der Waals surface area contributed by atoms with Crippen LogP contribution in [-0.2, 0) is 0 Å². The number of carboxylic acids is 1. The van der Waals surface area contributed by atoms with E-state index in [0.29, 0.717) is 6.07 Å². The van der Waals surface area contributed by atoms with Crippen LogP contribution in [0.5, 0.6) is 5.75 Å². The Kier molecular flexibility index (Phi) is 4.60. The molecule has 122 valence electrons. The van der Waals surface area contributed by atoms with E-state index in [9.17, 15) is 22.4 Å². The number of anilines is 1. The summed E-state index contributed by atoms with van der Waals surface area (Å²) in [6.45, 7) is -3.24. The largest absolute Gasteiger partial charge is 0.476 e. The van der Waals surface area contributed by atoms with Gasteiger partial charge >= 0.3 is 12.6 Å². The van der Waals surface area contributed by atoms with E-state index in [1.165, 1.54) is 0 Å². The van der Waals surface area contributed by atoms with Gasteiger partial charge in [-0.3, -0.25) is 0 Å². The Morgan fingerprint density at radius 2 is 2.00 bits per heavy atom. The lowest BCUT2D eigenvalue weighted by atomic mass is 10.1. The van der Waals surface area contributed by atoms with E-state index in [2.05, 4.69) is 9.72 Å². The summed E-state index contributed by atoms with van der Waals surface area (Å²) in [7, 11) is 0. The predicted molar refractivity (Wildman–Crippen MR) is 72.6 cm³/mol. The highest BCUT2D eigenvalue weighted by Crippen LogP contribution is 2.33. The van der Waals surface area contributed by atoms with Crippen molar-refractivity contribution >= 4 is 23.3 Å². The van der Waals surface area contributed by atoms with E-state index in [1.54, 1.807) is 0 Å². The smallest absolute Gasteiger partial charge is 0.387 e. The molecule has 2 aromatic rings. The van der Waals surface area contributed by atoms with Crippen LogP contribution < -0.4 is 10.5 Å². The Labute approximate surface area is 131 Å². The standard InChI is InChI=1S/C13H7ClF4N2O3/c14-7-9(19)8(16)10(20-11(7)12(21)22)4-1-2-6(5(15)3-4)23-13(17)18/h1-3,13H,(H2,19,20)(H,21,22). The van der Waals surface area contributed by atoms with Crippen molar-refractivity contribution in [3.8, 4) is 17.0 Å². The SMILES string of the molecule is Nc1c(F)c(-c2ccc(OC(F)F)c(F)c2)nc(C(=O)O)c1Cl. The Morgan fingerprint density at radius 3 is 2.52 bits per heavy atom. The molecule has 0 atom stereocenters. The van der Waals surface area contributed by atoms with Crippen LogP contribution in [0.15, 0.2) is 18.2 Å². The van der Waals surface area contributed by atoms with Crippen molar-refractivity contribution in [2.75, 3.05) is 5.73 Å². The van der Waals surface area contributed by atoms with E-state index >= 15 is 0 Å². The number of hydrogen-bond acceptors (Lipinski definition) is 4. The summed E-state index contributed by atoms with van der Waals surface area (Å²) >= 11 is 5.58. The van der Waals surface area contributed by atoms with Gasteiger partial charge in [-0.25, -0.2) is 18.6 Å². The number of nitrogen functional groups attached to an aromatic ring is 1. The van der Waals surface area contributed by atoms with Crippen LogP contribution in [0.1, 0.15) is 10.5 Å². The van der Waals surface area contributed by atoms with Gasteiger partial charge in [-0.05, 0) is 18.2 Å². The second-order valence-electron chi connectivity index (χ2n) is 4.18. The first-order chi connectivity index (χ1) is 10.7. The van der Waals surface area contributed by atoms with Gasteiger partial charge in [-0.2, -0.15) is 8.78 Å². The number of pyridine rings is 1. The van der Waals surface area contributed by atoms with Gasteiger partial charge in [-0.15, -0.1) is 0 Å². The van der Waals surface area contributed by atoms with Crippen LogP contribution in [0.3, 0.4) is 0 Å². The minimum atomic E-state index is -3.24. The zero-order chi connectivity index (χ0) is 17.3. The average molecular weight is 351 g/mol. The summed E-state index contributed by atoms with van der Waals surface area (Å²) in [6.07, 6.45) is 0. The summed E-state index contributed by atoms with van der Waals surface area (Å²) in [5.74, 6) is -4.71. The number of carboxylic acid groups (broad SMARTS) is 1. The quantitative estimate of drug-likeness (QED) is 0.823. The molecule has 0 aliphatic carbocycles. The molecule has 0 radical (unpaired) electrons. The molecular weight excluding hydrogens is 344 g/mol. The van der Waals surface area contributed by atoms with E-state index in [-0.39, 0.29) is 5.56 Å². The Morgan fingerprint density at radius 1 is 1.35 bits per heavy atom. The number of nitrogens with two attached hydrogens (primary N) is 1. The number of rotatable bonds is 4. The molecular formula is C13H7ClF4N2O3. The fourth-order valence-corrected chi connectivity index (χ4v) is 1.94. The van der Waals surface area contributed by atoms with Crippen molar-refractivity contribution in [3.63, 3.8) is 0 Å². The second-order valence-corrected chi connectivity index (χ2v) is 4.56. The van der Waals surface area contributed by atoms with Gasteiger partial charge in [0.2, 0.25) is 0 Å². The summed E-state index contributed by atoms with van der Waals surface area (Å²) in [5, 5.41) is 8.35. The Bertz CT molecular complexity index is 786. The highest BCUT2D eigenvalue weighted by atomic mass is 35.5. The molecule has 0 aliphatic heterocycles. The van der Waals surface area contributed by atoms with E-state index < -0.39 is 52.1 Å². The highest BCUT2D eigenvalue weighted by Gasteiger charge is 2.22. The Hall–Kier alpha value is -2.55. The molecule has 0 saturated carbocycles. The molecule has 0 amide bonds. The molecule has 23 heavy (non-hydrogen) atoms. The minimum absolute atomic E-state index is 0.229. The molecule has 1 heterocycles. The lowest BCUT2D eigenvalue weighted by molar-refractivity contribution is -0.0521. The normalized spacial score (nSPS) is 10.9. The number of ether oxygens (including phenoxy) is 1. The number of aromatic carboxylic acids is 1. The van der Waals surface area contributed by atoms with Crippen LogP contribution >= 0.6 is 11.6 Å². The number of nitrogens with zero attached hydrogens (tertiary/aromatic N) is 1. The number of aromatic nitrogens is 1. The maximum atomic E-state index is 14.1. The molecule has 0 spiro atoms. The first-order valence-corrected chi connectivity index (χ1v) is 6.22. The van der Waals surface area contributed by atoms with Crippen LogP contribution in [0.25, 0.3) is 11.3 Å². The number of halogens is 5. The van der Waals surface area contributed by atoms with Crippen molar-refractivity contribution in [1.82, 2.24) is 4.98 Å². The van der Waals surface area contributed by atoms with Gasteiger partial charge < -0.3 is 15.6 Å². The van der Waals surface area contributed by atoms with Crippen molar-refractivity contribution in [1.29, 1.82) is 0 Å². The number of alkyl halides is 2. The topological polar surface area (TPSA) is 85.4 Å². The molecule has 0 fully saturated rings. The van der Waals surface area contributed by atoms with Gasteiger partial charge in [0.1, 0.15) is 5.69 Å². The van der Waals surface area contributed by atoms with E-state index in [0.717, 1.165) is 12.1 Å². The van der Waals surface area contributed by atoms with Gasteiger partial charge in [0, 0.05) is 5.56 Å². The lowest BCUT2D eigenvalue weighted by Crippen LogP contribution is -2.08. The van der Waals surface area contributed by atoms with Crippen molar-refractivity contribution in [2.24, 2.45) is 0 Å². The fourth-order valence-electron chi connectivity index (χ4n) is 1.73. The molecule has 3 N–H and O–H groups in total. The van der Waals surface area contributed by atoms with E-state index in [1.807, 2.05) is 0 Å². The Balaban J connectivity index is 2.58. The summed E-state index contributed by atoms with van der Waals surface area (Å²) in [4.78, 5) is 14.5. The monoisotopic (exact) mass is 350 g/mol. The maximum absolute atomic E-state index is 14.1. The van der Waals surface area contributed by atoms with Gasteiger partial charge in [-0.1, -0.05) is 11.6 Å². The molecule has 5 nitrogen and oxygen atoms in total. The average Bonchev–Trinajstić information content (AvgIpc) is 2.46. The zero-order valence-corrected chi connectivity index (χ0v) is 11.7. The van der Waals surface area contributed by atoms with Crippen LogP contribution in [0, 0.1) is 11.6 Å². The third-order valence-electron chi connectivity index (χ3n) is 2.74. The highest BCUT2D eigenvalue weighted by molar-refractivity contribution is 6.35. The van der Waals surface area contributed by atoms with Crippen LogP contribution in [0.4, 0.5) is 23.2 Å². The van der Waals surface area contributed by atoms with Crippen molar-refractivity contribution in [3.05, 3.63) is 40.6 Å². The molecule has 0 saturated heterocycles. The van der Waals surface area contributed by atoms with Crippen molar-refractivity contribution in [2.45, 2.75) is 6.61 Å². The second kappa shape index (κ2) is 6.29. The number of hydrogen-bond donors (Lipinski definition) is 2. The first-order valence-electron chi connectivity index (χ1n) is 5.84. The third-order valence-corrected chi connectivity index (χ3v) is 3.12. The van der Waals surface area contributed by atoms with Gasteiger partial charge in [0.15, 0.2) is 23.1 Å². The molecule has 0 aliphatic rings. The summed E-state index contributed by atoms with van der Waals surface area (Å²) < 4.78 is 55.8. The lowest BCUT2D eigenvalue weighted by Gasteiger charge is -2.11.